The zero-order valence-corrected chi connectivity index (χ0v) is 17.8. The summed E-state index contributed by atoms with van der Waals surface area (Å²) in [5.74, 6) is 0.809. The van der Waals surface area contributed by atoms with Gasteiger partial charge in [-0.15, -0.1) is 0 Å². The van der Waals surface area contributed by atoms with Crippen molar-refractivity contribution < 1.29 is 4.74 Å². The molecule has 0 saturated heterocycles. The molecule has 0 amide bonds. The number of nitrogens with zero attached hydrogens (tertiary/aromatic N) is 4. The lowest BCUT2D eigenvalue weighted by molar-refractivity contribution is 0.200. The number of hydrogen-bond donors (Lipinski definition) is 0. The number of ether oxygens (including phenoxy) is 1. The monoisotopic (exact) mass is 452 g/mol. The summed E-state index contributed by atoms with van der Waals surface area (Å²) in [6.45, 7) is 1.16. The Bertz CT molecular complexity index is 1090. The van der Waals surface area contributed by atoms with Crippen LogP contribution in [-0.4, -0.2) is 38.2 Å². The average molecular weight is 453 g/mol. The van der Waals surface area contributed by atoms with Gasteiger partial charge >= 0.3 is 5.69 Å². The first-order valence-corrected chi connectivity index (χ1v) is 10.2. The number of aryl methyl sites for hydroxylation is 1. The second-order valence-electron chi connectivity index (χ2n) is 6.18. The van der Waals surface area contributed by atoms with E-state index in [2.05, 4.69) is 20.9 Å². The van der Waals surface area contributed by atoms with E-state index in [0.29, 0.717) is 24.3 Å². The van der Waals surface area contributed by atoms with Crippen LogP contribution in [0, 0.1) is 0 Å². The minimum atomic E-state index is -0.379. The van der Waals surface area contributed by atoms with Crippen LogP contribution in [0.2, 0.25) is 0 Å². The maximum Gasteiger partial charge on any atom is 0.332 e. The molecule has 0 radical (unpaired) electrons. The van der Waals surface area contributed by atoms with Crippen molar-refractivity contribution in [3.63, 3.8) is 0 Å². The first kappa shape index (κ1) is 19.9. The normalized spacial score (nSPS) is 11.4. The van der Waals surface area contributed by atoms with Crippen molar-refractivity contribution in [3.8, 4) is 0 Å². The number of thioether (sulfide) groups is 1. The van der Waals surface area contributed by atoms with Crippen molar-refractivity contribution in [2.45, 2.75) is 18.1 Å². The Balaban J connectivity index is 2.14. The summed E-state index contributed by atoms with van der Waals surface area (Å²) < 4.78 is 10.5. The second kappa shape index (κ2) is 8.45. The van der Waals surface area contributed by atoms with Gasteiger partial charge in [0.15, 0.2) is 16.3 Å². The number of halogens is 1. The van der Waals surface area contributed by atoms with E-state index in [1.54, 1.807) is 25.9 Å². The molecule has 1 aromatic carbocycles. The van der Waals surface area contributed by atoms with Gasteiger partial charge in [-0.25, -0.2) is 9.78 Å². The van der Waals surface area contributed by atoms with Crippen molar-refractivity contribution in [3.05, 3.63) is 55.1 Å². The van der Waals surface area contributed by atoms with E-state index in [9.17, 15) is 9.59 Å². The summed E-state index contributed by atoms with van der Waals surface area (Å²) >= 11 is 5.05. The number of methoxy groups -OCH3 is 1. The predicted octanol–water partition coefficient (Wildman–Crippen LogP) is 2.37. The molecule has 0 bridgehead atoms. The molecule has 0 N–H and O–H groups in total. The summed E-state index contributed by atoms with van der Waals surface area (Å²) in [7, 11) is 4.80. The predicted molar refractivity (Wildman–Crippen MR) is 111 cm³/mol. The van der Waals surface area contributed by atoms with E-state index < -0.39 is 0 Å². The molecule has 0 atom stereocenters. The van der Waals surface area contributed by atoms with E-state index in [0.717, 1.165) is 31.9 Å². The van der Waals surface area contributed by atoms with Crippen molar-refractivity contribution in [2.24, 2.45) is 14.1 Å². The van der Waals surface area contributed by atoms with Crippen molar-refractivity contribution in [2.75, 3.05) is 19.5 Å². The Morgan fingerprint density at radius 1 is 1.22 bits per heavy atom. The van der Waals surface area contributed by atoms with Gasteiger partial charge in [0.05, 0.1) is 6.54 Å². The van der Waals surface area contributed by atoms with Crippen molar-refractivity contribution >= 4 is 38.9 Å². The number of fused-ring (bicyclic) bond motifs is 1. The number of benzene rings is 1. The van der Waals surface area contributed by atoms with E-state index in [-0.39, 0.29) is 11.2 Å². The fourth-order valence-corrected chi connectivity index (χ4v) is 4.22. The summed E-state index contributed by atoms with van der Waals surface area (Å²) in [5, 5.41) is 0.722. The Kier molecular flexibility index (Phi) is 6.23. The molecule has 2 aromatic heterocycles. The van der Waals surface area contributed by atoms with Crippen LogP contribution in [0.3, 0.4) is 0 Å². The minimum Gasteiger partial charge on any atom is -0.385 e. The SMILES string of the molecule is COCCCSc1nc2c(c(=O)n(C)c(=O)n2C)n1Cc1cccc(Br)c1. The topological polar surface area (TPSA) is 71.1 Å². The Morgan fingerprint density at radius 2 is 2.00 bits per heavy atom. The van der Waals surface area contributed by atoms with Crippen molar-refractivity contribution in [1.29, 1.82) is 0 Å². The lowest BCUT2D eigenvalue weighted by atomic mass is 10.2. The van der Waals surface area contributed by atoms with Gasteiger partial charge in [0.1, 0.15) is 0 Å². The molecular weight excluding hydrogens is 432 g/mol. The average Bonchev–Trinajstić information content (AvgIpc) is 3.00. The smallest absolute Gasteiger partial charge is 0.332 e. The van der Waals surface area contributed by atoms with Gasteiger partial charge in [0, 0.05) is 38.0 Å². The van der Waals surface area contributed by atoms with Crippen LogP contribution >= 0.6 is 27.7 Å². The highest BCUT2D eigenvalue weighted by atomic mass is 79.9. The third-order valence-corrected chi connectivity index (χ3v) is 5.82. The molecule has 9 heteroatoms. The molecule has 0 aliphatic heterocycles. The van der Waals surface area contributed by atoms with Crippen LogP contribution in [0.25, 0.3) is 11.2 Å². The molecule has 3 rings (SSSR count). The largest absolute Gasteiger partial charge is 0.385 e. The number of imidazole rings is 1. The van der Waals surface area contributed by atoms with E-state index >= 15 is 0 Å². The van der Waals surface area contributed by atoms with Crippen LogP contribution in [0.15, 0.2) is 43.5 Å². The van der Waals surface area contributed by atoms with Crippen LogP contribution < -0.4 is 11.2 Å². The summed E-state index contributed by atoms with van der Waals surface area (Å²) in [6.07, 6.45) is 0.873. The minimum absolute atomic E-state index is 0.334. The Morgan fingerprint density at radius 3 is 2.70 bits per heavy atom. The van der Waals surface area contributed by atoms with Gasteiger partial charge in [-0.1, -0.05) is 39.8 Å². The first-order valence-electron chi connectivity index (χ1n) is 8.46. The maximum atomic E-state index is 12.8. The second-order valence-corrected chi connectivity index (χ2v) is 8.16. The first-order chi connectivity index (χ1) is 12.9. The number of aromatic nitrogens is 4. The third-order valence-electron chi connectivity index (χ3n) is 4.27. The molecule has 27 heavy (non-hydrogen) atoms. The van der Waals surface area contributed by atoms with E-state index in [4.69, 9.17) is 4.74 Å². The fraction of sp³-hybridized carbons (Fsp3) is 0.389. The molecule has 144 valence electrons. The molecule has 0 aliphatic carbocycles. The maximum absolute atomic E-state index is 12.8. The van der Waals surface area contributed by atoms with Crippen LogP contribution in [0.1, 0.15) is 12.0 Å². The van der Waals surface area contributed by atoms with Gasteiger partial charge in [-0.05, 0) is 24.1 Å². The summed E-state index contributed by atoms with van der Waals surface area (Å²) in [5.41, 5.74) is 1.18. The lowest BCUT2D eigenvalue weighted by Crippen LogP contribution is -2.37. The summed E-state index contributed by atoms with van der Waals surface area (Å²) in [4.78, 5) is 29.7. The molecule has 0 spiro atoms. The van der Waals surface area contributed by atoms with Crippen molar-refractivity contribution in [1.82, 2.24) is 18.7 Å². The quantitative estimate of drug-likeness (QED) is 0.406. The van der Waals surface area contributed by atoms with Gasteiger partial charge in [0.2, 0.25) is 0 Å². The lowest BCUT2D eigenvalue weighted by Gasteiger charge is -2.10. The fourth-order valence-electron chi connectivity index (χ4n) is 2.87. The highest BCUT2D eigenvalue weighted by Crippen LogP contribution is 2.24. The molecule has 0 fully saturated rings. The molecule has 3 aromatic rings. The van der Waals surface area contributed by atoms with E-state index in [1.807, 2.05) is 28.8 Å². The molecule has 0 aliphatic rings. The zero-order valence-electron chi connectivity index (χ0n) is 15.4. The van der Waals surface area contributed by atoms with Crippen LogP contribution in [-0.2, 0) is 25.4 Å². The molecule has 2 heterocycles. The molecule has 0 saturated carbocycles. The van der Waals surface area contributed by atoms with E-state index in [1.165, 1.54) is 11.6 Å². The van der Waals surface area contributed by atoms with Gasteiger partial charge < -0.3 is 9.30 Å². The van der Waals surface area contributed by atoms with Crippen LogP contribution in [0.4, 0.5) is 0 Å². The van der Waals surface area contributed by atoms with Gasteiger partial charge in [-0.2, -0.15) is 0 Å². The third kappa shape index (κ3) is 4.04. The standard InChI is InChI=1S/C18H21BrN4O3S/c1-21-15-14(16(24)22(2)18(21)25)23(11-12-6-4-7-13(19)10-12)17(20-15)27-9-5-8-26-3/h4,6-7,10H,5,8-9,11H2,1-3H3. The Hall–Kier alpha value is -1.84. The number of rotatable bonds is 7. The molecule has 0 unspecified atom stereocenters. The highest BCUT2D eigenvalue weighted by Gasteiger charge is 2.19. The Labute approximate surface area is 169 Å². The highest BCUT2D eigenvalue weighted by molar-refractivity contribution is 9.10. The van der Waals surface area contributed by atoms with Gasteiger partial charge in [0.25, 0.3) is 5.56 Å². The number of hydrogen-bond acceptors (Lipinski definition) is 5. The summed E-state index contributed by atoms with van der Waals surface area (Å²) in [6, 6.07) is 7.93. The zero-order chi connectivity index (χ0) is 19.6. The molecule has 7 nitrogen and oxygen atoms in total. The van der Waals surface area contributed by atoms with Gasteiger partial charge in [-0.3, -0.25) is 13.9 Å². The molecular formula is C18H21BrN4O3S. The van der Waals surface area contributed by atoms with Crippen LogP contribution in [0.5, 0.6) is 0 Å².